The molecule has 1 aromatic heterocycles. The fourth-order valence-electron chi connectivity index (χ4n) is 3.11. The normalized spacial score (nSPS) is 14.3. The van der Waals surface area contributed by atoms with E-state index in [9.17, 15) is 13.6 Å². The predicted octanol–water partition coefficient (Wildman–Crippen LogP) is 3.60. The van der Waals surface area contributed by atoms with Gasteiger partial charge in [0.05, 0.1) is 0 Å². The van der Waals surface area contributed by atoms with Crippen LogP contribution < -0.4 is 10.2 Å². The number of nitrogens with zero attached hydrogens (tertiary/aromatic N) is 2. The van der Waals surface area contributed by atoms with Crippen molar-refractivity contribution in [3.8, 4) is 0 Å². The molecule has 4 nitrogen and oxygen atoms in total. The molecule has 1 aliphatic heterocycles. The zero-order valence-electron chi connectivity index (χ0n) is 14.7. The fraction of sp³-hybridized carbons (Fsp3) is 0.400. The van der Waals surface area contributed by atoms with Gasteiger partial charge in [0, 0.05) is 32.3 Å². The van der Waals surface area contributed by atoms with Crippen LogP contribution in [0.4, 0.5) is 14.6 Å². The Bertz CT molecular complexity index is 760. The molecule has 1 aromatic carbocycles. The maximum atomic E-state index is 13.2. The van der Waals surface area contributed by atoms with Crippen LogP contribution in [0.1, 0.15) is 36.8 Å². The van der Waals surface area contributed by atoms with Crippen LogP contribution in [-0.4, -0.2) is 24.0 Å². The summed E-state index contributed by atoms with van der Waals surface area (Å²) in [5.41, 5.74) is 1.61. The van der Waals surface area contributed by atoms with Gasteiger partial charge in [-0.05, 0) is 61.1 Å². The standard InChI is InChI=1S/C20H23F2N3O/c21-17-6-4-15(12-18(17)22)5-7-20(26)24-14-16-8-9-23-19(13-16)25-10-2-1-3-11-25/h4,6,8-9,12-13H,1-3,5,7,10-11,14H2,(H,24,26). The molecule has 0 aliphatic carbocycles. The molecule has 1 N–H and O–H groups in total. The van der Waals surface area contributed by atoms with Crippen LogP contribution in [0.2, 0.25) is 0 Å². The van der Waals surface area contributed by atoms with Gasteiger partial charge >= 0.3 is 0 Å². The van der Waals surface area contributed by atoms with Crippen LogP contribution in [0.15, 0.2) is 36.5 Å². The van der Waals surface area contributed by atoms with Crippen molar-refractivity contribution < 1.29 is 13.6 Å². The van der Waals surface area contributed by atoms with Crippen LogP contribution in [0.3, 0.4) is 0 Å². The van der Waals surface area contributed by atoms with Crippen LogP contribution in [0, 0.1) is 11.6 Å². The summed E-state index contributed by atoms with van der Waals surface area (Å²) in [6.45, 7) is 2.48. The van der Waals surface area contributed by atoms with Crippen molar-refractivity contribution in [2.24, 2.45) is 0 Å². The number of hydrogen-bond donors (Lipinski definition) is 1. The van der Waals surface area contributed by atoms with Crippen LogP contribution >= 0.6 is 0 Å². The molecule has 0 radical (unpaired) electrons. The van der Waals surface area contributed by atoms with Crippen molar-refractivity contribution in [2.75, 3.05) is 18.0 Å². The quantitative estimate of drug-likeness (QED) is 0.857. The monoisotopic (exact) mass is 359 g/mol. The lowest BCUT2D eigenvalue weighted by Crippen LogP contribution is -2.30. The second kappa shape index (κ2) is 8.74. The first-order valence-corrected chi connectivity index (χ1v) is 9.02. The molecule has 0 saturated carbocycles. The van der Waals surface area contributed by atoms with Crippen molar-refractivity contribution in [3.05, 3.63) is 59.3 Å². The van der Waals surface area contributed by atoms with Gasteiger partial charge in [0.1, 0.15) is 5.82 Å². The van der Waals surface area contributed by atoms with E-state index in [0.717, 1.165) is 36.6 Å². The molecule has 1 saturated heterocycles. The Morgan fingerprint density at radius 2 is 1.85 bits per heavy atom. The van der Waals surface area contributed by atoms with Crippen molar-refractivity contribution in [2.45, 2.75) is 38.6 Å². The minimum absolute atomic E-state index is 0.119. The highest BCUT2D eigenvalue weighted by Gasteiger charge is 2.12. The first-order chi connectivity index (χ1) is 12.6. The number of aryl methyl sites for hydroxylation is 1. The van der Waals surface area contributed by atoms with Gasteiger partial charge in [0.15, 0.2) is 11.6 Å². The SMILES string of the molecule is O=C(CCc1ccc(F)c(F)c1)NCc1ccnc(N2CCCCC2)c1. The molecule has 3 rings (SSSR count). The van der Waals surface area contributed by atoms with Gasteiger partial charge in [-0.2, -0.15) is 0 Å². The number of benzene rings is 1. The Morgan fingerprint density at radius 3 is 2.62 bits per heavy atom. The van der Waals surface area contributed by atoms with Gasteiger partial charge in [-0.3, -0.25) is 4.79 Å². The number of hydrogen-bond acceptors (Lipinski definition) is 3. The number of amides is 1. The number of halogens is 2. The third-order valence-corrected chi connectivity index (χ3v) is 4.60. The molecule has 0 bridgehead atoms. The Morgan fingerprint density at radius 1 is 1.04 bits per heavy atom. The summed E-state index contributed by atoms with van der Waals surface area (Å²) in [4.78, 5) is 18.7. The number of aromatic nitrogens is 1. The minimum atomic E-state index is -0.884. The number of carbonyl (C=O) groups excluding carboxylic acids is 1. The van der Waals surface area contributed by atoms with Crippen molar-refractivity contribution in [1.29, 1.82) is 0 Å². The summed E-state index contributed by atoms with van der Waals surface area (Å²) in [6, 6.07) is 7.63. The fourth-order valence-corrected chi connectivity index (χ4v) is 3.11. The van der Waals surface area contributed by atoms with Crippen molar-refractivity contribution in [3.63, 3.8) is 0 Å². The van der Waals surface area contributed by atoms with Gasteiger partial charge in [-0.1, -0.05) is 6.07 Å². The van der Waals surface area contributed by atoms with Gasteiger partial charge in [-0.15, -0.1) is 0 Å². The lowest BCUT2D eigenvalue weighted by molar-refractivity contribution is -0.121. The number of pyridine rings is 1. The Kier molecular flexibility index (Phi) is 6.15. The smallest absolute Gasteiger partial charge is 0.220 e. The van der Waals surface area contributed by atoms with Gasteiger partial charge < -0.3 is 10.2 Å². The summed E-state index contributed by atoms with van der Waals surface area (Å²) in [5, 5.41) is 2.87. The molecule has 26 heavy (non-hydrogen) atoms. The minimum Gasteiger partial charge on any atom is -0.357 e. The van der Waals surface area contributed by atoms with E-state index in [-0.39, 0.29) is 12.3 Å². The van der Waals surface area contributed by atoms with E-state index in [1.807, 2.05) is 12.1 Å². The second-order valence-electron chi connectivity index (χ2n) is 6.60. The molecule has 2 heterocycles. The predicted molar refractivity (Wildman–Crippen MR) is 96.8 cm³/mol. The molecular weight excluding hydrogens is 336 g/mol. The van der Waals surface area contributed by atoms with Gasteiger partial charge in [0.2, 0.25) is 5.91 Å². The third kappa shape index (κ3) is 5.00. The molecule has 138 valence electrons. The van der Waals surface area contributed by atoms with Crippen molar-refractivity contribution >= 4 is 11.7 Å². The molecule has 0 spiro atoms. The largest absolute Gasteiger partial charge is 0.357 e. The highest BCUT2D eigenvalue weighted by molar-refractivity contribution is 5.76. The topological polar surface area (TPSA) is 45.2 Å². The Balaban J connectivity index is 1.48. The molecule has 6 heteroatoms. The zero-order valence-corrected chi connectivity index (χ0v) is 14.7. The van der Waals surface area contributed by atoms with E-state index in [4.69, 9.17) is 0 Å². The van der Waals surface area contributed by atoms with Crippen LogP contribution in [0.5, 0.6) is 0 Å². The van der Waals surface area contributed by atoms with Crippen molar-refractivity contribution in [1.82, 2.24) is 10.3 Å². The number of piperidine rings is 1. The van der Waals surface area contributed by atoms with Crippen LogP contribution in [0.25, 0.3) is 0 Å². The summed E-state index contributed by atoms with van der Waals surface area (Å²) in [7, 11) is 0. The lowest BCUT2D eigenvalue weighted by atomic mass is 10.1. The van der Waals surface area contributed by atoms with E-state index in [0.29, 0.717) is 18.5 Å². The average Bonchev–Trinajstić information content (AvgIpc) is 2.68. The number of nitrogens with one attached hydrogen (secondary N) is 1. The molecular formula is C20H23F2N3O. The van der Waals surface area contributed by atoms with E-state index < -0.39 is 11.6 Å². The molecule has 2 aromatic rings. The lowest BCUT2D eigenvalue weighted by Gasteiger charge is -2.27. The number of carbonyl (C=O) groups is 1. The summed E-state index contributed by atoms with van der Waals surface area (Å²) >= 11 is 0. The van der Waals surface area contributed by atoms with Gasteiger partial charge in [0.25, 0.3) is 0 Å². The maximum Gasteiger partial charge on any atom is 0.220 e. The highest BCUT2D eigenvalue weighted by atomic mass is 19.2. The summed E-state index contributed by atoms with van der Waals surface area (Å²) in [6.07, 6.45) is 6.02. The number of rotatable bonds is 6. The molecule has 1 aliphatic rings. The third-order valence-electron chi connectivity index (χ3n) is 4.60. The second-order valence-corrected chi connectivity index (χ2v) is 6.60. The Hall–Kier alpha value is -2.50. The average molecular weight is 359 g/mol. The van der Waals surface area contributed by atoms with E-state index in [1.54, 1.807) is 6.20 Å². The van der Waals surface area contributed by atoms with E-state index in [1.165, 1.54) is 25.3 Å². The van der Waals surface area contributed by atoms with E-state index >= 15 is 0 Å². The maximum absolute atomic E-state index is 13.2. The summed E-state index contributed by atoms with van der Waals surface area (Å²) < 4.78 is 26.1. The molecule has 1 amide bonds. The number of anilines is 1. The van der Waals surface area contributed by atoms with Crippen LogP contribution in [-0.2, 0) is 17.8 Å². The zero-order chi connectivity index (χ0) is 18.4. The first-order valence-electron chi connectivity index (χ1n) is 9.02. The van der Waals surface area contributed by atoms with E-state index in [2.05, 4.69) is 15.2 Å². The Labute approximate surface area is 152 Å². The molecule has 0 unspecified atom stereocenters. The first kappa shape index (κ1) is 18.3. The molecule has 0 atom stereocenters. The highest BCUT2D eigenvalue weighted by Crippen LogP contribution is 2.18. The molecule has 1 fully saturated rings. The summed E-state index contributed by atoms with van der Waals surface area (Å²) in [5.74, 6) is -0.922. The van der Waals surface area contributed by atoms with Gasteiger partial charge in [-0.25, -0.2) is 13.8 Å².